The molecule has 20 heavy (non-hydrogen) atoms. The number of primary amides is 1. The molecule has 0 radical (unpaired) electrons. The fraction of sp³-hybridized carbons (Fsp3) is 0.429. The van der Waals surface area contributed by atoms with Crippen LogP contribution in [0.15, 0.2) is 33.9 Å². The standard InChI is InChI=1S/C14H19N3O2S/c1-14(16-2,12(15)18)8-5-9-20-13-17-10-6-3-4-7-11(10)19-13/h3-4,6-7,16H,5,8-9H2,1-2H3,(H2,15,18). The van der Waals surface area contributed by atoms with Gasteiger partial charge in [-0.2, -0.15) is 0 Å². The van der Waals surface area contributed by atoms with E-state index in [1.165, 1.54) is 0 Å². The minimum Gasteiger partial charge on any atom is -0.431 e. The van der Waals surface area contributed by atoms with Crippen molar-refractivity contribution in [2.24, 2.45) is 5.73 Å². The van der Waals surface area contributed by atoms with Crippen molar-refractivity contribution in [1.29, 1.82) is 0 Å². The fourth-order valence-electron chi connectivity index (χ4n) is 1.87. The molecule has 108 valence electrons. The molecule has 0 saturated carbocycles. The Kier molecular flexibility index (Phi) is 4.67. The molecular formula is C14H19N3O2S. The van der Waals surface area contributed by atoms with Crippen molar-refractivity contribution >= 4 is 28.8 Å². The maximum atomic E-state index is 11.4. The lowest BCUT2D eigenvalue weighted by Gasteiger charge is -2.25. The highest BCUT2D eigenvalue weighted by molar-refractivity contribution is 7.99. The first-order valence-corrected chi connectivity index (χ1v) is 7.51. The Balaban J connectivity index is 1.85. The molecule has 0 bridgehead atoms. The Labute approximate surface area is 122 Å². The first-order valence-electron chi connectivity index (χ1n) is 6.52. The molecule has 1 aromatic carbocycles. The van der Waals surface area contributed by atoms with Crippen LogP contribution in [0.4, 0.5) is 0 Å². The van der Waals surface area contributed by atoms with Gasteiger partial charge in [0.25, 0.3) is 5.22 Å². The van der Waals surface area contributed by atoms with Gasteiger partial charge in [-0.25, -0.2) is 4.98 Å². The maximum Gasteiger partial charge on any atom is 0.256 e. The van der Waals surface area contributed by atoms with Crippen molar-refractivity contribution in [2.75, 3.05) is 12.8 Å². The summed E-state index contributed by atoms with van der Waals surface area (Å²) in [4.78, 5) is 15.7. The molecule has 1 amide bonds. The van der Waals surface area contributed by atoms with Crippen LogP contribution >= 0.6 is 11.8 Å². The minimum atomic E-state index is -0.651. The summed E-state index contributed by atoms with van der Waals surface area (Å²) >= 11 is 1.55. The molecule has 1 heterocycles. The molecule has 1 atom stereocenters. The van der Waals surface area contributed by atoms with Crippen LogP contribution in [-0.4, -0.2) is 29.2 Å². The van der Waals surface area contributed by atoms with E-state index in [0.717, 1.165) is 23.3 Å². The van der Waals surface area contributed by atoms with Crippen molar-refractivity contribution in [3.05, 3.63) is 24.3 Å². The van der Waals surface area contributed by atoms with Crippen molar-refractivity contribution in [2.45, 2.75) is 30.5 Å². The second-order valence-corrected chi connectivity index (χ2v) is 5.89. The topological polar surface area (TPSA) is 81.2 Å². The number of likely N-dealkylation sites (N-methyl/N-ethyl adjacent to an activating group) is 1. The lowest BCUT2D eigenvalue weighted by atomic mass is 9.96. The van der Waals surface area contributed by atoms with E-state index in [9.17, 15) is 4.79 Å². The molecule has 0 saturated heterocycles. The number of nitrogens with two attached hydrogens (primary N) is 1. The van der Waals surface area contributed by atoms with Crippen molar-refractivity contribution in [3.63, 3.8) is 0 Å². The second kappa shape index (κ2) is 6.28. The van der Waals surface area contributed by atoms with E-state index < -0.39 is 5.54 Å². The predicted molar refractivity (Wildman–Crippen MR) is 80.6 cm³/mol. The number of aromatic nitrogens is 1. The van der Waals surface area contributed by atoms with Crippen molar-refractivity contribution in [1.82, 2.24) is 10.3 Å². The average molecular weight is 293 g/mol. The lowest BCUT2D eigenvalue weighted by Crippen LogP contribution is -2.51. The number of rotatable bonds is 7. The summed E-state index contributed by atoms with van der Waals surface area (Å²) in [7, 11) is 1.75. The molecule has 5 nitrogen and oxygen atoms in total. The molecule has 2 aromatic rings. The number of hydrogen-bond acceptors (Lipinski definition) is 5. The van der Waals surface area contributed by atoms with Crippen LogP contribution in [-0.2, 0) is 4.79 Å². The number of oxazole rings is 1. The molecule has 0 aliphatic heterocycles. The molecule has 0 aliphatic rings. The molecule has 1 unspecified atom stereocenters. The molecule has 3 N–H and O–H groups in total. The van der Waals surface area contributed by atoms with Gasteiger partial charge in [0.1, 0.15) is 5.52 Å². The number of para-hydroxylation sites is 2. The zero-order chi connectivity index (χ0) is 14.6. The number of benzene rings is 1. The van der Waals surface area contributed by atoms with E-state index >= 15 is 0 Å². The van der Waals surface area contributed by atoms with Gasteiger partial charge in [-0.1, -0.05) is 23.9 Å². The third kappa shape index (κ3) is 3.32. The van der Waals surface area contributed by atoms with Crippen LogP contribution in [0.25, 0.3) is 11.1 Å². The monoisotopic (exact) mass is 293 g/mol. The van der Waals surface area contributed by atoms with Gasteiger partial charge in [-0.3, -0.25) is 4.79 Å². The number of carbonyl (C=O) groups is 1. The Morgan fingerprint density at radius 1 is 1.50 bits per heavy atom. The van der Waals surface area contributed by atoms with Gasteiger partial charge in [0.15, 0.2) is 5.58 Å². The summed E-state index contributed by atoms with van der Waals surface area (Å²) in [6.45, 7) is 1.82. The molecule has 1 aromatic heterocycles. The zero-order valence-corrected chi connectivity index (χ0v) is 12.5. The van der Waals surface area contributed by atoms with Gasteiger partial charge < -0.3 is 15.5 Å². The number of nitrogens with one attached hydrogen (secondary N) is 1. The van der Waals surface area contributed by atoms with Crippen LogP contribution in [0.3, 0.4) is 0 Å². The van der Waals surface area contributed by atoms with Crippen molar-refractivity contribution in [3.8, 4) is 0 Å². The number of hydrogen-bond donors (Lipinski definition) is 2. The first-order chi connectivity index (χ1) is 9.55. The molecule has 0 aliphatic carbocycles. The summed E-state index contributed by atoms with van der Waals surface area (Å²) in [5, 5.41) is 3.64. The summed E-state index contributed by atoms with van der Waals surface area (Å²) in [5.41, 5.74) is 6.40. The highest BCUT2D eigenvalue weighted by Crippen LogP contribution is 2.24. The Morgan fingerprint density at radius 3 is 2.90 bits per heavy atom. The SMILES string of the molecule is CNC(C)(CCCSc1nc2ccccc2o1)C(N)=O. The lowest BCUT2D eigenvalue weighted by molar-refractivity contribution is -0.123. The molecule has 2 rings (SSSR count). The van der Waals surface area contributed by atoms with E-state index in [0.29, 0.717) is 11.6 Å². The van der Waals surface area contributed by atoms with Gasteiger partial charge in [0.05, 0.1) is 5.54 Å². The quantitative estimate of drug-likeness (QED) is 0.604. The smallest absolute Gasteiger partial charge is 0.256 e. The summed E-state index contributed by atoms with van der Waals surface area (Å²) in [5.74, 6) is 0.504. The number of thioether (sulfide) groups is 1. The van der Waals surface area contributed by atoms with Crippen LogP contribution in [0.2, 0.25) is 0 Å². The average Bonchev–Trinajstić information content (AvgIpc) is 2.85. The summed E-state index contributed by atoms with van der Waals surface area (Å²) in [6.07, 6.45) is 1.54. The predicted octanol–water partition coefficient (Wildman–Crippen LogP) is 2.16. The third-order valence-electron chi connectivity index (χ3n) is 3.42. The van der Waals surface area contributed by atoms with E-state index in [-0.39, 0.29) is 5.91 Å². The Bertz CT molecular complexity index is 566. The van der Waals surface area contributed by atoms with E-state index in [1.54, 1.807) is 18.8 Å². The normalized spacial score (nSPS) is 14.3. The Hall–Kier alpha value is -1.53. The van der Waals surface area contributed by atoms with Gasteiger partial charge in [0, 0.05) is 5.75 Å². The van der Waals surface area contributed by atoms with E-state index in [1.807, 2.05) is 31.2 Å². The van der Waals surface area contributed by atoms with Gasteiger partial charge >= 0.3 is 0 Å². The molecule has 6 heteroatoms. The molecular weight excluding hydrogens is 274 g/mol. The van der Waals surface area contributed by atoms with Gasteiger partial charge in [-0.15, -0.1) is 0 Å². The summed E-state index contributed by atoms with van der Waals surface area (Å²) < 4.78 is 5.62. The Morgan fingerprint density at radius 2 is 2.25 bits per heavy atom. The number of amides is 1. The number of fused-ring (bicyclic) bond motifs is 1. The van der Waals surface area contributed by atoms with Gasteiger partial charge in [0.2, 0.25) is 5.91 Å². The van der Waals surface area contributed by atoms with Crippen LogP contribution in [0.5, 0.6) is 0 Å². The van der Waals surface area contributed by atoms with Crippen LogP contribution < -0.4 is 11.1 Å². The fourth-order valence-corrected chi connectivity index (χ4v) is 2.64. The van der Waals surface area contributed by atoms with E-state index in [4.69, 9.17) is 10.2 Å². The first kappa shape index (κ1) is 14.9. The van der Waals surface area contributed by atoms with Crippen LogP contribution in [0.1, 0.15) is 19.8 Å². The van der Waals surface area contributed by atoms with Gasteiger partial charge in [-0.05, 0) is 38.9 Å². The van der Waals surface area contributed by atoms with Crippen molar-refractivity contribution < 1.29 is 9.21 Å². The minimum absolute atomic E-state index is 0.327. The highest BCUT2D eigenvalue weighted by Gasteiger charge is 2.28. The highest BCUT2D eigenvalue weighted by atomic mass is 32.2. The number of nitrogens with zero attached hydrogens (tertiary/aromatic N) is 1. The van der Waals surface area contributed by atoms with Crippen LogP contribution in [0, 0.1) is 0 Å². The number of carbonyl (C=O) groups excluding carboxylic acids is 1. The molecule has 0 fully saturated rings. The third-order valence-corrected chi connectivity index (χ3v) is 4.33. The zero-order valence-electron chi connectivity index (χ0n) is 11.7. The molecule has 0 spiro atoms. The maximum absolute atomic E-state index is 11.4. The largest absolute Gasteiger partial charge is 0.431 e. The second-order valence-electron chi connectivity index (χ2n) is 4.85. The van der Waals surface area contributed by atoms with E-state index in [2.05, 4.69) is 10.3 Å². The summed E-state index contributed by atoms with van der Waals surface area (Å²) in [6, 6.07) is 7.68.